The zero-order chi connectivity index (χ0) is 17.3. The van der Waals surface area contributed by atoms with E-state index in [9.17, 15) is 8.42 Å². The van der Waals surface area contributed by atoms with Crippen LogP contribution in [-0.2, 0) is 22.7 Å². The molecule has 0 heterocycles. The third-order valence-electron chi connectivity index (χ3n) is 3.98. The Morgan fingerprint density at radius 1 is 0.917 bits per heavy atom. The Morgan fingerprint density at radius 2 is 1.58 bits per heavy atom. The van der Waals surface area contributed by atoms with Gasteiger partial charge in [0.15, 0.2) is 9.84 Å². The maximum atomic E-state index is 11.4. The van der Waals surface area contributed by atoms with Crippen LogP contribution in [0.4, 0.5) is 0 Å². The summed E-state index contributed by atoms with van der Waals surface area (Å²) < 4.78 is 25.0. The van der Waals surface area contributed by atoms with Gasteiger partial charge in [0.2, 0.25) is 0 Å². The summed E-state index contributed by atoms with van der Waals surface area (Å²) in [4.78, 5) is 0.458. The molecule has 24 heavy (non-hydrogen) atoms. The maximum Gasteiger partial charge on any atom is 0.175 e. The summed E-state index contributed by atoms with van der Waals surface area (Å²) in [5, 5.41) is 0. The van der Waals surface area contributed by atoms with Gasteiger partial charge in [-0.3, -0.25) is 0 Å². The molecule has 2 aliphatic carbocycles. The molecular weight excluding hydrogens is 452 g/mol. The molecule has 2 aliphatic rings. The summed E-state index contributed by atoms with van der Waals surface area (Å²) >= 11 is 6.80. The fourth-order valence-electron chi connectivity index (χ4n) is 2.86. The summed E-state index contributed by atoms with van der Waals surface area (Å²) in [5.74, 6) is 0. The van der Waals surface area contributed by atoms with Crippen molar-refractivity contribution >= 4 is 52.7 Å². The normalized spacial score (nSPS) is 14.5. The number of rotatable bonds is 1. The minimum Gasteiger partial charge on any atom is -0.224 e. The van der Waals surface area contributed by atoms with Crippen molar-refractivity contribution in [2.75, 3.05) is 6.26 Å². The van der Waals surface area contributed by atoms with Gasteiger partial charge in [0.1, 0.15) is 0 Å². The average Bonchev–Trinajstić information content (AvgIpc) is 3.12. The van der Waals surface area contributed by atoms with Crippen molar-refractivity contribution in [3.63, 3.8) is 0 Å². The van der Waals surface area contributed by atoms with Gasteiger partial charge in [0.05, 0.1) is 4.91 Å². The topological polar surface area (TPSA) is 34.1 Å². The van der Waals surface area contributed by atoms with Gasteiger partial charge in [-0.25, -0.2) is 8.42 Å². The monoisotopic (exact) mass is 466 g/mol. The van der Waals surface area contributed by atoms with E-state index in [2.05, 4.69) is 62.2 Å². The zero-order valence-electron chi connectivity index (χ0n) is 13.1. The Balaban J connectivity index is 0.000000149. The van der Waals surface area contributed by atoms with Crippen LogP contribution in [0.2, 0.25) is 0 Å². The van der Waals surface area contributed by atoms with Gasteiger partial charge in [0, 0.05) is 15.2 Å². The van der Waals surface area contributed by atoms with E-state index in [-0.39, 0.29) is 0 Å². The van der Waals surface area contributed by atoms with Crippen LogP contribution in [0.5, 0.6) is 0 Å². The maximum absolute atomic E-state index is 11.4. The molecule has 2 nitrogen and oxygen atoms in total. The molecule has 0 unspecified atom stereocenters. The summed E-state index contributed by atoms with van der Waals surface area (Å²) in [6.45, 7) is 0. The Bertz CT molecular complexity index is 957. The van der Waals surface area contributed by atoms with Gasteiger partial charge < -0.3 is 0 Å². The molecule has 124 valence electrons. The number of benzene rings is 2. The number of allylic oxidation sites excluding steroid dienone is 2. The molecule has 0 atom stereocenters. The van der Waals surface area contributed by atoms with E-state index in [1.807, 2.05) is 18.2 Å². The average molecular weight is 468 g/mol. The van der Waals surface area contributed by atoms with E-state index < -0.39 is 9.84 Å². The lowest BCUT2D eigenvalue weighted by Gasteiger charge is -2.03. The van der Waals surface area contributed by atoms with Crippen LogP contribution in [0, 0.1) is 0 Å². The Hall–Kier alpha value is -1.17. The van der Waals surface area contributed by atoms with Crippen molar-refractivity contribution in [2.45, 2.75) is 12.8 Å². The standard InChI is InChI=1S/C10H9BrO2S.C9H7Br/c1-14(12,13)10-5-2-7-6-8(11)3-4-9(7)10;10-9-5-4-7-2-1-3-8(7)6-9/h3-6H,2H2,1H3;1-2,4-6H,3H2. The van der Waals surface area contributed by atoms with Crippen molar-refractivity contribution in [1.29, 1.82) is 0 Å². The molecule has 2 aromatic carbocycles. The Labute approximate surface area is 159 Å². The molecule has 4 rings (SSSR count). The summed E-state index contributed by atoms with van der Waals surface area (Å²) in [6.07, 6.45) is 9.17. The molecule has 0 saturated heterocycles. The molecule has 5 heteroatoms. The molecular formula is C19H16Br2O2S. The third-order valence-corrected chi connectivity index (χ3v) is 6.15. The summed E-state index contributed by atoms with van der Waals surface area (Å²) in [7, 11) is -3.08. The van der Waals surface area contributed by atoms with Gasteiger partial charge in [0.25, 0.3) is 0 Å². The van der Waals surface area contributed by atoms with Crippen LogP contribution in [0.15, 0.2) is 57.5 Å². The first kappa shape index (κ1) is 17.6. The van der Waals surface area contributed by atoms with Crippen molar-refractivity contribution < 1.29 is 8.42 Å². The highest BCUT2D eigenvalue weighted by Gasteiger charge is 2.21. The first-order valence-corrected chi connectivity index (χ1v) is 11.0. The molecule has 0 fully saturated rings. The zero-order valence-corrected chi connectivity index (χ0v) is 17.1. The molecule has 0 amide bonds. The molecule has 0 aliphatic heterocycles. The molecule has 0 N–H and O–H groups in total. The predicted octanol–water partition coefficient (Wildman–Crippen LogP) is 5.41. The lowest BCUT2D eigenvalue weighted by Crippen LogP contribution is -1.98. The van der Waals surface area contributed by atoms with Crippen LogP contribution >= 0.6 is 31.9 Å². The van der Waals surface area contributed by atoms with E-state index in [0.717, 1.165) is 22.0 Å². The second-order valence-corrected chi connectivity index (χ2v) is 9.61. The van der Waals surface area contributed by atoms with Crippen molar-refractivity contribution in [1.82, 2.24) is 0 Å². The highest BCUT2D eigenvalue weighted by atomic mass is 79.9. The minimum atomic E-state index is -3.08. The van der Waals surface area contributed by atoms with Gasteiger partial charge in [-0.2, -0.15) is 0 Å². The van der Waals surface area contributed by atoms with Crippen molar-refractivity contribution in [2.24, 2.45) is 0 Å². The molecule has 0 bridgehead atoms. The number of sulfone groups is 1. The van der Waals surface area contributed by atoms with Crippen LogP contribution in [-0.4, -0.2) is 14.7 Å². The summed E-state index contributed by atoms with van der Waals surface area (Å²) in [5.41, 5.74) is 4.70. The Kier molecular flexibility index (Phi) is 5.13. The summed E-state index contributed by atoms with van der Waals surface area (Å²) in [6, 6.07) is 12.1. The van der Waals surface area contributed by atoms with Crippen LogP contribution in [0.1, 0.15) is 22.3 Å². The molecule has 0 aromatic heterocycles. The molecule has 0 saturated carbocycles. The van der Waals surface area contributed by atoms with Crippen molar-refractivity contribution in [3.8, 4) is 0 Å². The fourth-order valence-corrected chi connectivity index (χ4v) is 4.66. The van der Waals surface area contributed by atoms with Gasteiger partial charge in [-0.15, -0.1) is 0 Å². The number of hydrogen-bond donors (Lipinski definition) is 0. The van der Waals surface area contributed by atoms with Crippen molar-refractivity contribution in [3.05, 3.63) is 79.7 Å². The number of fused-ring (bicyclic) bond motifs is 2. The first-order valence-electron chi connectivity index (χ1n) is 7.48. The lowest BCUT2D eigenvalue weighted by molar-refractivity contribution is 0.611. The lowest BCUT2D eigenvalue weighted by atomic mass is 10.1. The highest BCUT2D eigenvalue weighted by molar-refractivity contribution is 9.10. The minimum absolute atomic E-state index is 0.458. The van der Waals surface area contributed by atoms with E-state index in [1.54, 1.807) is 6.08 Å². The smallest absolute Gasteiger partial charge is 0.175 e. The Morgan fingerprint density at radius 3 is 2.29 bits per heavy atom. The first-order chi connectivity index (χ1) is 11.3. The number of hydrogen-bond acceptors (Lipinski definition) is 2. The van der Waals surface area contributed by atoms with Gasteiger partial charge in [-0.1, -0.05) is 62.2 Å². The van der Waals surface area contributed by atoms with E-state index in [1.165, 1.54) is 21.9 Å². The molecule has 0 radical (unpaired) electrons. The fraction of sp³-hybridized carbons (Fsp3) is 0.158. The van der Waals surface area contributed by atoms with Crippen LogP contribution in [0.25, 0.3) is 11.0 Å². The second kappa shape index (κ2) is 6.98. The largest absolute Gasteiger partial charge is 0.224 e. The molecule has 0 spiro atoms. The van der Waals surface area contributed by atoms with Gasteiger partial charge >= 0.3 is 0 Å². The highest BCUT2D eigenvalue weighted by Crippen LogP contribution is 2.32. The van der Waals surface area contributed by atoms with Crippen LogP contribution in [0.3, 0.4) is 0 Å². The van der Waals surface area contributed by atoms with E-state index in [0.29, 0.717) is 11.3 Å². The predicted molar refractivity (Wildman–Crippen MR) is 108 cm³/mol. The second-order valence-electron chi connectivity index (χ2n) is 5.80. The molecule has 2 aromatic rings. The quantitative estimate of drug-likeness (QED) is 0.561. The third kappa shape index (κ3) is 3.90. The number of halogens is 2. The SMILES string of the molecule is Brc1ccc2c(c1)CC=C2.CS(=O)(=O)C1=CCc2cc(Br)ccc21. The van der Waals surface area contributed by atoms with E-state index in [4.69, 9.17) is 0 Å². The van der Waals surface area contributed by atoms with Gasteiger partial charge in [-0.05, 0) is 59.4 Å². The van der Waals surface area contributed by atoms with E-state index >= 15 is 0 Å². The van der Waals surface area contributed by atoms with Crippen LogP contribution < -0.4 is 0 Å².